The van der Waals surface area contributed by atoms with Gasteiger partial charge in [0.25, 0.3) is 0 Å². The van der Waals surface area contributed by atoms with E-state index in [2.05, 4.69) is 39.0 Å². The van der Waals surface area contributed by atoms with Gasteiger partial charge in [-0.15, -0.1) is 0 Å². The normalized spacial score (nSPS) is 10.5. The molecule has 0 atom stereocenters. The van der Waals surface area contributed by atoms with Gasteiger partial charge in [-0.05, 0) is 46.9 Å². The molecule has 0 aliphatic carbocycles. The van der Waals surface area contributed by atoms with Gasteiger partial charge in [-0.25, -0.2) is 4.98 Å². The fourth-order valence-corrected chi connectivity index (χ4v) is 3.21. The summed E-state index contributed by atoms with van der Waals surface area (Å²) < 4.78 is 6.27. The monoisotopic (exact) mass is 469 g/mol. The van der Waals surface area contributed by atoms with Crippen molar-refractivity contribution in [1.29, 1.82) is 5.26 Å². The Bertz CT molecular complexity index is 986. The van der Waals surface area contributed by atoms with Crippen molar-refractivity contribution in [2.24, 2.45) is 0 Å². The Labute approximate surface area is 162 Å². The number of halogens is 3. The molecular weight excluding hydrogens is 460 g/mol. The molecule has 0 radical (unpaired) electrons. The third kappa shape index (κ3) is 3.36. The van der Waals surface area contributed by atoms with Gasteiger partial charge in [-0.3, -0.25) is 0 Å². The zero-order chi connectivity index (χ0) is 17.3. The van der Waals surface area contributed by atoms with Crippen molar-refractivity contribution in [3.63, 3.8) is 0 Å². The largest absolute Gasteiger partial charge is 0.495 e. The van der Waals surface area contributed by atoms with Crippen LogP contribution in [0.5, 0.6) is 5.75 Å². The van der Waals surface area contributed by atoms with E-state index >= 15 is 0 Å². The quantitative estimate of drug-likeness (QED) is 0.494. The smallest absolute Gasteiger partial charge is 0.149 e. The molecule has 7 heteroatoms. The Morgan fingerprint density at radius 2 is 1.96 bits per heavy atom. The lowest BCUT2D eigenvalue weighted by Gasteiger charge is -2.13. The minimum atomic E-state index is 0.411. The number of nitrogens with zero attached hydrogens (tertiary/aromatic N) is 2. The van der Waals surface area contributed by atoms with Crippen LogP contribution in [0.2, 0.25) is 10.0 Å². The summed E-state index contributed by atoms with van der Waals surface area (Å²) in [4.78, 5) is 4.55. The number of ether oxygens (including phenoxy) is 1. The van der Waals surface area contributed by atoms with Crippen LogP contribution in [0.3, 0.4) is 0 Å². The highest BCUT2D eigenvalue weighted by Gasteiger charge is 2.12. The lowest BCUT2D eigenvalue weighted by atomic mass is 10.1. The van der Waals surface area contributed by atoms with E-state index in [0.717, 1.165) is 14.5 Å². The fourth-order valence-electron chi connectivity index (χ4n) is 2.23. The summed E-state index contributed by atoms with van der Waals surface area (Å²) >= 11 is 14.5. The molecular formula is C17H10Cl2IN3O. The van der Waals surface area contributed by atoms with Crippen molar-refractivity contribution in [2.45, 2.75) is 0 Å². The van der Waals surface area contributed by atoms with Gasteiger partial charge in [0.1, 0.15) is 17.6 Å². The van der Waals surface area contributed by atoms with Gasteiger partial charge in [-0.1, -0.05) is 29.3 Å². The minimum Gasteiger partial charge on any atom is -0.495 e. The summed E-state index contributed by atoms with van der Waals surface area (Å²) in [6.45, 7) is 0. The number of rotatable bonds is 3. The Hall–Kier alpha value is -1.75. The van der Waals surface area contributed by atoms with Crippen LogP contribution in [0.15, 0.2) is 36.4 Å². The van der Waals surface area contributed by atoms with Crippen LogP contribution < -0.4 is 10.1 Å². The molecule has 0 bridgehead atoms. The lowest BCUT2D eigenvalue weighted by Crippen LogP contribution is -1.99. The highest BCUT2D eigenvalue weighted by molar-refractivity contribution is 14.1. The molecule has 24 heavy (non-hydrogen) atoms. The molecule has 4 nitrogen and oxygen atoms in total. The maximum absolute atomic E-state index is 9.41. The molecule has 3 aromatic rings. The van der Waals surface area contributed by atoms with E-state index in [4.69, 9.17) is 27.9 Å². The highest BCUT2D eigenvalue weighted by atomic mass is 127. The van der Waals surface area contributed by atoms with Crippen molar-refractivity contribution in [1.82, 2.24) is 4.98 Å². The average Bonchev–Trinajstić information content (AvgIpc) is 2.56. The predicted octanol–water partition coefficient (Wildman–Crippen LogP) is 5.77. The fraction of sp³-hybridized carbons (Fsp3) is 0.0588. The van der Waals surface area contributed by atoms with Gasteiger partial charge in [0, 0.05) is 15.0 Å². The van der Waals surface area contributed by atoms with E-state index in [9.17, 15) is 5.26 Å². The maximum atomic E-state index is 9.41. The first kappa shape index (κ1) is 17.1. The molecule has 0 fully saturated rings. The molecule has 0 aliphatic heterocycles. The van der Waals surface area contributed by atoms with Crippen LogP contribution >= 0.6 is 45.8 Å². The van der Waals surface area contributed by atoms with E-state index < -0.39 is 0 Å². The number of hydrogen-bond acceptors (Lipinski definition) is 4. The number of nitriles is 1. The summed E-state index contributed by atoms with van der Waals surface area (Å²) in [5, 5.41) is 14.2. The van der Waals surface area contributed by atoms with Gasteiger partial charge >= 0.3 is 0 Å². The minimum absolute atomic E-state index is 0.411. The number of nitrogens with one attached hydrogen (secondary N) is 1. The molecule has 0 unspecified atom stereocenters. The Morgan fingerprint density at radius 3 is 2.67 bits per heavy atom. The van der Waals surface area contributed by atoms with E-state index in [-0.39, 0.29) is 0 Å². The van der Waals surface area contributed by atoms with Crippen LogP contribution in [0, 0.1) is 14.9 Å². The first-order chi connectivity index (χ1) is 11.5. The molecule has 120 valence electrons. The first-order valence-electron chi connectivity index (χ1n) is 6.82. The van der Waals surface area contributed by atoms with Gasteiger partial charge in [0.2, 0.25) is 0 Å². The van der Waals surface area contributed by atoms with Crippen molar-refractivity contribution in [2.75, 3.05) is 12.4 Å². The summed E-state index contributed by atoms with van der Waals surface area (Å²) in [7, 11) is 1.52. The van der Waals surface area contributed by atoms with Gasteiger partial charge in [-0.2, -0.15) is 5.26 Å². The van der Waals surface area contributed by atoms with Crippen LogP contribution in [-0.4, -0.2) is 12.1 Å². The summed E-state index contributed by atoms with van der Waals surface area (Å²) in [6, 6.07) is 13.1. The number of aromatic nitrogens is 1. The van der Waals surface area contributed by atoms with Crippen molar-refractivity contribution >= 4 is 68.2 Å². The number of fused-ring (bicyclic) bond motifs is 1. The SMILES string of the molecule is COc1cc(Nc2nc3cc(I)ccc3cc2C#N)c(Cl)cc1Cl. The first-order valence-corrected chi connectivity index (χ1v) is 8.65. The molecule has 3 rings (SSSR count). The summed E-state index contributed by atoms with van der Waals surface area (Å²) in [6.07, 6.45) is 0. The van der Waals surface area contributed by atoms with Crippen LogP contribution in [-0.2, 0) is 0 Å². The Balaban J connectivity index is 2.11. The molecule has 0 aliphatic rings. The molecule has 1 N–H and O–H groups in total. The second-order valence-electron chi connectivity index (χ2n) is 4.92. The second kappa shape index (κ2) is 7.01. The summed E-state index contributed by atoms with van der Waals surface area (Å²) in [5.74, 6) is 0.913. The van der Waals surface area contributed by atoms with Crippen LogP contribution in [0.1, 0.15) is 5.56 Å². The zero-order valence-corrected chi connectivity index (χ0v) is 16.1. The molecule has 0 amide bonds. The Kier molecular flexibility index (Phi) is 4.99. The van der Waals surface area contributed by atoms with E-state index in [1.54, 1.807) is 18.2 Å². The van der Waals surface area contributed by atoms with Gasteiger partial charge in [0.15, 0.2) is 0 Å². The Morgan fingerprint density at radius 1 is 1.17 bits per heavy atom. The third-order valence-electron chi connectivity index (χ3n) is 3.39. The standard InChI is InChI=1S/C17H10Cl2IN3O/c1-24-16-7-15(12(18)6-13(16)19)23-17-10(8-21)4-9-2-3-11(20)5-14(9)22-17/h2-7H,1H3,(H,22,23). The molecule has 1 heterocycles. The maximum Gasteiger partial charge on any atom is 0.149 e. The molecule has 0 saturated carbocycles. The van der Waals surface area contributed by atoms with E-state index in [0.29, 0.717) is 32.9 Å². The van der Waals surface area contributed by atoms with E-state index in [1.807, 2.05) is 18.2 Å². The number of methoxy groups -OCH3 is 1. The van der Waals surface area contributed by atoms with E-state index in [1.165, 1.54) is 7.11 Å². The number of hydrogen-bond donors (Lipinski definition) is 1. The number of benzene rings is 2. The molecule has 1 aromatic heterocycles. The second-order valence-corrected chi connectivity index (χ2v) is 6.98. The lowest BCUT2D eigenvalue weighted by molar-refractivity contribution is 0.415. The highest BCUT2D eigenvalue weighted by Crippen LogP contribution is 2.36. The zero-order valence-electron chi connectivity index (χ0n) is 12.4. The third-order valence-corrected chi connectivity index (χ3v) is 4.67. The van der Waals surface area contributed by atoms with Crippen LogP contribution in [0.25, 0.3) is 10.9 Å². The molecule has 2 aromatic carbocycles. The molecule has 0 spiro atoms. The summed E-state index contributed by atoms with van der Waals surface area (Å²) in [5.41, 5.74) is 1.78. The average molecular weight is 470 g/mol. The number of anilines is 2. The van der Waals surface area contributed by atoms with Gasteiger partial charge in [0.05, 0.1) is 33.9 Å². The van der Waals surface area contributed by atoms with Crippen molar-refractivity contribution in [3.05, 3.63) is 55.6 Å². The van der Waals surface area contributed by atoms with Crippen LogP contribution in [0.4, 0.5) is 11.5 Å². The van der Waals surface area contributed by atoms with Gasteiger partial charge < -0.3 is 10.1 Å². The topological polar surface area (TPSA) is 57.9 Å². The van der Waals surface area contributed by atoms with Crippen molar-refractivity contribution in [3.8, 4) is 11.8 Å². The van der Waals surface area contributed by atoms with Crippen molar-refractivity contribution < 1.29 is 4.74 Å². The predicted molar refractivity (Wildman–Crippen MR) is 105 cm³/mol. The molecule has 0 saturated heterocycles. The number of pyridine rings is 1.